The molecule has 44 heavy (non-hydrogen) atoms. The van der Waals surface area contributed by atoms with Crippen LogP contribution in [0.4, 0.5) is 39.8 Å². The largest absolute Gasteiger partial charge is 0.420 e. The van der Waals surface area contributed by atoms with Crippen LogP contribution in [0.1, 0.15) is 22.3 Å². The van der Waals surface area contributed by atoms with Gasteiger partial charge in [0.15, 0.2) is 0 Å². The Bertz CT molecular complexity index is 1760. The number of hydrogen-bond donors (Lipinski definition) is 0. The second kappa shape index (κ2) is 11.5. The molecule has 6 aromatic rings. The molecule has 0 amide bonds. The number of para-hydroxylation sites is 2. The van der Waals surface area contributed by atoms with Crippen LogP contribution < -0.4 is 20.0 Å². The van der Waals surface area contributed by atoms with Crippen molar-refractivity contribution < 1.29 is 0 Å². The first-order valence-electron chi connectivity index (χ1n) is 15.3. The van der Waals surface area contributed by atoms with Crippen LogP contribution >= 0.6 is 0 Å². The fourth-order valence-electron chi connectivity index (χ4n) is 6.15. The third-order valence-corrected chi connectivity index (χ3v) is 8.55. The first kappa shape index (κ1) is 27.6. The molecule has 0 spiro atoms. The van der Waals surface area contributed by atoms with Crippen LogP contribution in [0, 0.1) is 27.7 Å². The minimum Gasteiger partial charge on any atom is -0.360 e. The highest BCUT2D eigenvalue weighted by atomic mass is 15.3. The first-order chi connectivity index (χ1) is 21.5. The van der Waals surface area contributed by atoms with E-state index in [1.807, 2.05) is 0 Å². The average molecular weight is 570 g/mol. The highest BCUT2D eigenvalue weighted by Crippen LogP contribution is 2.46. The van der Waals surface area contributed by atoms with E-state index >= 15 is 0 Å². The van der Waals surface area contributed by atoms with Gasteiger partial charge in [0.2, 0.25) is 0 Å². The van der Waals surface area contributed by atoms with Crippen molar-refractivity contribution in [2.75, 3.05) is 14.5 Å². The summed E-state index contributed by atoms with van der Waals surface area (Å²) in [5.41, 5.74) is 14.4. The molecule has 0 saturated heterocycles. The van der Waals surface area contributed by atoms with Gasteiger partial charge in [-0.25, -0.2) is 0 Å². The van der Waals surface area contributed by atoms with E-state index in [-0.39, 0.29) is 6.98 Å². The molecule has 4 heteroatoms. The van der Waals surface area contributed by atoms with Crippen molar-refractivity contribution >= 4 is 52.3 Å². The van der Waals surface area contributed by atoms with Crippen LogP contribution in [-0.4, -0.2) is 6.98 Å². The van der Waals surface area contributed by atoms with Gasteiger partial charge in [-0.3, -0.25) is 0 Å². The number of anilines is 7. The second-order valence-corrected chi connectivity index (χ2v) is 11.9. The predicted molar refractivity (Wildman–Crippen MR) is 189 cm³/mol. The van der Waals surface area contributed by atoms with Gasteiger partial charge in [0, 0.05) is 28.4 Å². The Labute approximate surface area is 261 Å². The van der Waals surface area contributed by atoms with Gasteiger partial charge in [0.05, 0.1) is 11.4 Å². The molecule has 0 radical (unpaired) electrons. The van der Waals surface area contributed by atoms with E-state index < -0.39 is 0 Å². The van der Waals surface area contributed by atoms with Gasteiger partial charge in [-0.2, -0.15) is 0 Å². The van der Waals surface area contributed by atoms with E-state index in [4.69, 9.17) is 0 Å². The quantitative estimate of drug-likeness (QED) is 0.185. The molecule has 0 atom stereocenters. The van der Waals surface area contributed by atoms with Crippen molar-refractivity contribution in [1.82, 2.24) is 0 Å². The lowest BCUT2D eigenvalue weighted by atomic mass is 9.64. The minimum atomic E-state index is -0.0564. The van der Waals surface area contributed by atoms with Gasteiger partial charge in [-0.15, -0.1) is 0 Å². The summed E-state index contributed by atoms with van der Waals surface area (Å²) < 4.78 is 0. The highest BCUT2D eigenvalue weighted by molar-refractivity contribution is 6.84. The molecule has 1 aliphatic rings. The van der Waals surface area contributed by atoms with Crippen LogP contribution in [0.2, 0.25) is 0 Å². The van der Waals surface area contributed by atoms with Crippen molar-refractivity contribution in [2.45, 2.75) is 27.7 Å². The van der Waals surface area contributed by atoms with E-state index in [2.05, 4.69) is 188 Å². The fraction of sp³-hybridized carbons (Fsp3) is 0.100. The van der Waals surface area contributed by atoms with Crippen LogP contribution in [-0.2, 0) is 0 Å². The topological polar surface area (TPSA) is 9.72 Å². The third kappa shape index (κ3) is 5.13. The molecule has 3 nitrogen and oxygen atoms in total. The molecular formula is C40H36BN3. The first-order valence-corrected chi connectivity index (χ1v) is 15.3. The summed E-state index contributed by atoms with van der Waals surface area (Å²) in [6.45, 7) is 8.50. The van der Waals surface area contributed by atoms with E-state index in [0.29, 0.717) is 0 Å². The van der Waals surface area contributed by atoms with E-state index in [9.17, 15) is 0 Å². The van der Waals surface area contributed by atoms with Crippen LogP contribution in [0.25, 0.3) is 0 Å². The molecule has 0 N–H and O–H groups in total. The Morgan fingerprint density at radius 2 is 0.705 bits per heavy atom. The zero-order valence-electron chi connectivity index (χ0n) is 25.8. The van der Waals surface area contributed by atoms with Crippen molar-refractivity contribution in [1.29, 1.82) is 0 Å². The van der Waals surface area contributed by atoms with Crippen LogP contribution in [0.15, 0.2) is 146 Å². The summed E-state index contributed by atoms with van der Waals surface area (Å²) in [4.78, 5) is 7.28. The molecule has 214 valence electrons. The van der Waals surface area contributed by atoms with Gasteiger partial charge in [0.25, 0.3) is 0 Å². The van der Waals surface area contributed by atoms with Gasteiger partial charge in [0.1, 0.15) is 0 Å². The Balaban J connectivity index is 1.36. The van der Waals surface area contributed by atoms with Gasteiger partial charge >= 0.3 is 6.98 Å². The lowest BCUT2D eigenvalue weighted by Gasteiger charge is -2.31. The van der Waals surface area contributed by atoms with Crippen molar-refractivity contribution in [3.8, 4) is 0 Å². The standard InChI is InChI=1S/C40H36BN3/c1-29-9-19-34(20-10-29)42(35-21-11-30(2)12-22-35)36-27-17-33(18-28-36)41-43(37-23-13-31(3)14-24-37)39-7-5-6-8-40(39)44(41)38-25-15-32(4)16-26-38/h5-28H,1-4H3. The number of benzene rings is 6. The summed E-state index contributed by atoms with van der Waals surface area (Å²) >= 11 is 0. The lowest BCUT2D eigenvalue weighted by Crippen LogP contribution is -2.53. The maximum absolute atomic E-state index is 2.47. The van der Waals surface area contributed by atoms with E-state index in [0.717, 1.165) is 17.1 Å². The average Bonchev–Trinajstić information content (AvgIpc) is 3.39. The van der Waals surface area contributed by atoms with E-state index in [1.54, 1.807) is 0 Å². The Morgan fingerprint density at radius 1 is 0.386 bits per heavy atom. The summed E-state index contributed by atoms with van der Waals surface area (Å²) in [6.07, 6.45) is 0. The number of nitrogens with zero attached hydrogens (tertiary/aromatic N) is 3. The molecule has 0 aromatic heterocycles. The van der Waals surface area contributed by atoms with Crippen molar-refractivity contribution in [3.05, 3.63) is 168 Å². The highest BCUT2D eigenvalue weighted by Gasteiger charge is 2.43. The van der Waals surface area contributed by atoms with E-state index in [1.165, 1.54) is 50.5 Å². The summed E-state index contributed by atoms with van der Waals surface area (Å²) in [5.74, 6) is 0. The number of fused-ring (bicyclic) bond motifs is 1. The maximum Gasteiger partial charge on any atom is 0.420 e. The maximum atomic E-state index is 2.47. The molecule has 0 bridgehead atoms. The summed E-state index contributed by atoms with van der Waals surface area (Å²) in [7, 11) is 0. The summed E-state index contributed by atoms with van der Waals surface area (Å²) in [6, 6.07) is 53.2. The van der Waals surface area contributed by atoms with Crippen LogP contribution in [0.5, 0.6) is 0 Å². The normalized spacial score (nSPS) is 12.4. The second-order valence-electron chi connectivity index (χ2n) is 11.9. The zero-order chi connectivity index (χ0) is 30.2. The van der Waals surface area contributed by atoms with Gasteiger partial charge in [-0.1, -0.05) is 95.1 Å². The lowest BCUT2D eigenvalue weighted by molar-refractivity contribution is 1.27. The third-order valence-electron chi connectivity index (χ3n) is 8.55. The van der Waals surface area contributed by atoms with Crippen molar-refractivity contribution in [2.24, 2.45) is 0 Å². The molecule has 0 saturated carbocycles. The molecule has 0 fully saturated rings. The number of hydrogen-bond acceptors (Lipinski definition) is 3. The molecule has 1 heterocycles. The molecule has 6 aromatic carbocycles. The smallest absolute Gasteiger partial charge is 0.360 e. The summed E-state index contributed by atoms with van der Waals surface area (Å²) in [5, 5.41) is 0. The Hall–Kier alpha value is -5.22. The van der Waals surface area contributed by atoms with Crippen LogP contribution in [0.3, 0.4) is 0 Å². The fourth-order valence-corrected chi connectivity index (χ4v) is 6.15. The Morgan fingerprint density at radius 3 is 1.07 bits per heavy atom. The van der Waals surface area contributed by atoms with Crippen molar-refractivity contribution in [3.63, 3.8) is 0 Å². The number of aryl methyl sites for hydroxylation is 4. The SMILES string of the molecule is Cc1ccc(N2B(c3ccc(N(c4ccc(C)cc4)c4ccc(C)cc4)cc3)N(c3ccc(C)cc3)c3ccccc32)cc1. The monoisotopic (exact) mass is 569 g/mol. The molecule has 0 unspecified atom stereocenters. The Kier molecular flexibility index (Phi) is 7.19. The zero-order valence-corrected chi connectivity index (χ0v) is 25.8. The van der Waals surface area contributed by atoms with Gasteiger partial charge < -0.3 is 14.5 Å². The predicted octanol–water partition coefficient (Wildman–Crippen LogP) is 10.1. The molecule has 1 aliphatic heterocycles. The molecule has 7 rings (SSSR count). The minimum absolute atomic E-state index is 0.0564. The van der Waals surface area contributed by atoms with Gasteiger partial charge in [-0.05, 0) is 106 Å². The molecular weight excluding hydrogens is 533 g/mol. The number of rotatable bonds is 6. The molecule has 0 aliphatic carbocycles.